The van der Waals surface area contributed by atoms with Crippen molar-refractivity contribution in [3.63, 3.8) is 0 Å². The average molecular weight is 358 g/mol. The molecule has 3 rings (SSSR count). The molecule has 0 unspecified atom stereocenters. The lowest BCUT2D eigenvalue weighted by molar-refractivity contribution is -0.121. The number of aryl methyl sites for hydroxylation is 2. The van der Waals surface area contributed by atoms with E-state index in [2.05, 4.69) is 46.8 Å². The minimum Gasteiger partial charge on any atom is -0.356 e. The Balaban J connectivity index is 1.36. The first kappa shape index (κ1) is 17.9. The summed E-state index contributed by atoms with van der Waals surface area (Å²) in [6, 6.07) is 8.55. The summed E-state index contributed by atoms with van der Waals surface area (Å²) >= 11 is 1.72. The van der Waals surface area contributed by atoms with E-state index in [-0.39, 0.29) is 5.91 Å². The molecule has 25 heavy (non-hydrogen) atoms. The zero-order valence-electron chi connectivity index (χ0n) is 15.0. The Bertz CT molecular complexity index is 675. The van der Waals surface area contributed by atoms with Gasteiger partial charge in [-0.05, 0) is 36.8 Å². The van der Waals surface area contributed by atoms with Gasteiger partial charge in [0.2, 0.25) is 5.91 Å². The van der Waals surface area contributed by atoms with Crippen molar-refractivity contribution in [3.8, 4) is 0 Å². The third kappa shape index (κ3) is 5.30. The number of amides is 1. The fraction of sp³-hybridized carbons (Fsp3) is 0.500. The summed E-state index contributed by atoms with van der Waals surface area (Å²) in [6.45, 7) is 5.07. The molecule has 1 aliphatic rings. The monoisotopic (exact) mass is 357 g/mol. The second kappa shape index (κ2) is 8.99. The lowest BCUT2D eigenvalue weighted by Crippen LogP contribution is -2.26. The van der Waals surface area contributed by atoms with Crippen LogP contribution in [0.4, 0.5) is 5.13 Å². The number of hydrogen-bond donors (Lipinski definition) is 1. The molecule has 0 atom stereocenters. The van der Waals surface area contributed by atoms with E-state index in [1.54, 1.807) is 11.3 Å². The van der Waals surface area contributed by atoms with Crippen LogP contribution in [0.15, 0.2) is 29.6 Å². The number of carbonyl (C=O) groups excluding carboxylic acids is 1. The Morgan fingerprint density at radius 3 is 2.60 bits per heavy atom. The van der Waals surface area contributed by atoms with Gasteiger partial charge in [0, 0.05) is 37.9 Å². The zero-order chi connectivity index (χ0) is 17.5. The molecule has 4 nitrogen and oxygen atoms in total. The highest BCUT2D eigenvalue weighted by atomic mass is 32.1. The van der Waals surface area contributed by atoms with Gasteiger partial charge in [0.1, 0.15) is 0 Å². The van der Waals surface area contributed by atoms with Crippen molar-refractivity contribution >= 4 is 22.4 Å². The Kier molecular flexibility index (Phi) is 6.45. The normalized spacial score (nSPS) is 14.0. The fourth-order valence-electron chi connectivity index (χ4n) is 3.08. The molecule has 5 heteroatoms. The molecule has 0 radical (unpaired) electrons. The van der Waals surface area contributed by atoms with Crippen molar-refractivity contribution in [3.05, 3.63) is 46.5 Å². The van der Waals surface area contributed by atoms with Gasteiger partial charge in [0.05, 0.1) is 5.69 Å². The maximum atomic E-state index is 12.0. The standard InChI is InChI=1S/C20H27N3OS/c1-2-16-5-7-17(8-6-16)9-10-19(24)21-12-11-18-15-25-20(22-18)23-13-3-4-14-23/h5-8,15H,2-4,9-14H2,1H3,(H,21,24). The first-order chi connectivity index (χ1) is 12.2. The van der Waals surface area contributed by atoms with Gasteiger partial charge in [0.15, 0.2) is 5.13 Å². The number of benzene rings is 1. The van der Waals surface area contributed by atoms with E-state index in [0.29, 0.717) is 13.0 Å². The van der Waals surface area contributed by atoms with Crippen LogP contribution in [-0.4, -0.2) is 30.5 Å². The van der Waals surface area contributed by atoms with E-state index in [0.717, 1.165) is 43.2 Å². The fourth-order valence-corrected chi connectivity index (χ4v) is 4.00. The Hall–Kier alpha value is -1.88. The van der Waals surface area contributed by atoms with E-state index < -0.39 is 0 Å². The second-order valence-electron chi connectivity index (χ2n) is 6.59. The molecule has 1 saturated heterocycles. The van der Waals surface area contributed by atoms with Gasteiger partial charge < -0.3 is 10.2 Å². The number of hydrogen-bond acceptors (Lipinski definition) is 4. The highest BCUT2D eigenvalue weighted by molar-refractivity contribution is 7.13. The Labute approximate surface area is 154 Å². The number of rotatable bonds is 8. The molecule has 134 valence electrons. The summed E-state index contributed by atoms with van der Waals surface area (Å²) in [6.07, 6.45) is 5.74. The molecule has 2 heterocycles. The van der Waals surface area contributed by atoms with Crippen LogP contribution in [0, 0.1) is 0 Å². The van der Waals surface area contributed by atoms with Crippen molar-refractivity contribution in [1.29, 1.82) is 0 Å². The molecule has 1 fully saturated rings. The molecule has 1 N–H and O–H groups in total. The predicted octanol–water partition coefficient (Wildman–Crippen LogP) is 3.60. The van der Waals surface area contributed by atoms with Crippen LogP contribution >= 0.6 is 11.3 Å². The molecule has 1 aliphatic heterocycles. The third-order valence-corrected chi connectivity index (χ3v) is 5.64. The van der Waals surface area contributed by atoms with E-state index >= 15 is 0 Å². The molecule has 0 spiro atoms. The van der Waals surface area contributed by atoms with Gasteiger partial charge in [-0.1, -0.05) is 31.2 Å². The third-order valence-electron chi connectivity index (χ3n) is 4.69. The van der Waals surface area contributed by atoms with Gasteiger partial charge in [-0.3, -0.25) is 4.79 Å². The largest absolute Gasteiger partial charge is 0.356 e. The molecule has 1 aromatic carbocycles. The first-order valence-electron chi connectivity index (χ1n) is 9.28. The van der Waals surface area contributed by atoms with Gasteiger partial charge in [0.25, 0.3) is 0 Å². The maximum absolute atomic E-state index is 12.0. The molecule has 0 aliphatic carbocycles. The van der Waals surface area contributed by atoms with Crippen molar-refractivity contribution in [2.45, 2.75) is 45.4 Å². The van der Waals surface area contributed by atoms with Gasteiger partial charge in [-0.2, -0.15) is 0 Å². The number of nitrogens with zero attached hydrogens (tertiary/aromatic N) is 2. The quantitative estimate of drug-likeness (QED) is 0.785. The summed E-state index contributed by atoms with van der Waals surface area (Å²) in [5.41, 5.74) is 3.65. The van der Waals surface area contributed by atoms with E-state index in [4.69, 9.17) is 4.98 Å². The van der Waals surface area contributed by atoms with Crippen LogP contribution in [0.5, 0.6) is 0 Å². The molecule has 2 aromatic rings. The predicted molar refractivity (Wildman–Crippen MR) is 104 cm³/mol. The lowest BCUT2D eigenvalue weighted by atomic mass is 10.1. The highest BCUT2D eigenvalue weighted by Gasteiger charge is 2.15. The van der Waals surface area contributed by atoms with Gasteiger partial charge in [-0.15, -0.1) is 11.3 Å². The minimum absolute atomic E-state index is 0.120. The second-order valence-corrected chi connectivity index (χ2v) is 7.42. The summed E-state index contributed by atoms with van der Waals surface area (Å²) < 4.78 is 0. The summed E-state index contributed by atoms with van der Waals surface area (Å²) in [7, 11) is 0. The van der Waals surface area contributed by atoms with Gasteiger partial charge >= 0.3 is 0 Å². The maximum Gasteiger partial charge on any atom is 0.220 e. The first-order valence-corrected chi connectivity index (χ1v) is 10.2. The molecule has 0 saturated carbocycles. The lowest BCUT2D eigenvalue weighted by Gasteiger charge is -2.12. The van der Waals surface area contributed by atoms with Crippen LogP contribution in [0.25, 0.3) is 0 Å². The number of aromatic nitrogens is 1. The number of thiazole rings is 1. The Morgan fingerprint density at radius 1 is 1.16 bits per heavy atom. The summed E-state index contributed by atoms with van der Waals surface area (Å²) in [5.74, 6) is 0.120. The molecule has 1 amide bonds. The van der Waals surface area contributed by atoms with Crippen LogP contribution in [0.1, 0.15) is 43.0 Å². The van der Waals surface area contributed by atoms with Crippen LogP contribution in [0.3, 0.4) is 0 Å². The number of carbonyl (C=O) groups is 1. The minimum atomic E-state index is 0.120. The van der Waals surface area contributed by atoms with Crippen molar-refractivity contribution in [2.24, 2.45) is 0 Å². The van der Waals surface area contributed by atoms with Gasteiger partial charge in [-0.25, -0.2) is 4.98 Å². The molecule has 1 aromatic heterocycles. The number of nitrogens with one attached hydrogen (secondary N) is 1. The SMILES string of the molecule is CCc1ccc(CCC(=O)NCCc2csc(N3CCCC3)n2)cc1. The highest BCUT2D eigenvalue weighted by Crippen LogP contribution is 2.24. The Morgan fingerprint density at radius 2 is 1.88 bits per heavy atom. The van der Waals surface area contributed by atoms with Crippen LogP contribution in [0.2, 0.25) is 0 Å². The number of anilines is 1. The van der Waals surface area contributed by atoms with E-state index in [1.165, 1.54) is 24.0 Å². The van der Waals surface area contributed by atoms with Crippen LogP contribution < -0.4 is 10.2 Å². The zero-order valence-corrected chi connectivity index (χ0v) is 15.8. The average Bonchev–Trinajstić information content (AvgIpc) is 3.32. The topological polar surface area (TPSA) is 45.2 Å². The smallest absolute Gasteiger partial charge is 0.220 e. The summed E-state index contributed by atoms with van der Waals surface area (Å²) in [4.78, 5) is 19.1. The molecular formula is C20H27N3OS. The van der Waals surface area contributed by atoms with Crippen molar-refractivity contribution < 1.29 is 4.79 Å². The van der Waals surface area contributed by atoms with E-state index in [1.807, 2.05) is 0 Å². The van der Waals surface area contributed by atoms with Crippen LogP contribution in [-0.2, 0) is 24.1 Å². The van der Waals surface area contributed by atoms with E-state index in [9.17, 15) is 4.79 Å². The molecule has 0 bridgehead atoms. The summed E-state index contributed by atoms with van der Waals surface area (Å²) in [5, 5.41) is 6.27. The van der Waals surface area contributed by atoms with Crippen molar-refractivity contribution in [1.82, 2.24) is 10.3 Å². The molecular weight excluding hydrogens is 330 g/mol. The van der Waals surface area contributed by atoms with Crippen molar-refractivity contribution in [2.75, 3.05) is 24.5 Å².